The van der Waals surface area contributed by atoms with Crippen LogP contribution in [0.1, 0.15) is 54.4 Å². The number of carboxylic acid groups (broad SMARTS) is 1. The molecular weight excluding hydrogens is 356 g/mol. The minimum Gasteiger partial charge on any atom is -0.481 e. The zero-order chi connectivity index (χ0) is 19.5. The Morgan fingerprint density at radius 1 is 1.25 bits per heavy atom. The van der Waals surface area contributed by atoms with Gasteiger partial charge in [-0.1, -0.05) is 29.4 Å². The Morgan fingerprint density at radius 2 is 2.00 bits per heavy atom. The molecule has 2 fully saturated rings. The molecule has 1 aromatic carbocycles. The number of benzene rings is 1. The van der Waals surface area contributed by atoms with Crippen molar-refractivity contribution in [3.05, 3.63) is 53.0 Å². The van der Waals surface area contributed by atoms with Crippen LogP contribution >= 0.6 is 0 Å². The van der Waals surface area contributed by atoms with E-state index in [1.807, 2.05) is 23.7 Å². The van der Waals surface area contributed by atoms with Gasteiger partial charge in [0.15, 0.2) is 11.5 Å². The lowest BCUT2D eigenvalue weighted by atomic mass is 9.80. The van der Waals surface area contributed by atoms with Crippen molar-refractivity contribution in [3.8, 4) is 11.6 Å². The predicted molar refractivity (Wildman–Crippen MR) is 101 cm³/mol. The molecule has 2 heterocycles. The van der Waals surface area contributed by atoms with Crippen molar-refractivity contribution in [2.75, 3.05) is 0 Å². The maximum atomic E-state index is 11.1. The summed E-state index contributed by atoms with van der Waals surface area (Å²) in [5.41, 5.74) is 3.98. The zero-order valence-electron chi connectivity index (χ0n) is 15.9. The number of rotatable bonds is 5. The minimum atomic E-state index is -0.728. The first kappa shape index (κ1) is 17.2. The molecule has 0 radical (unpaired) electrons. The van der Waals surface area contributed by atoms with E-state index in [4.69, 9.17) is 9.63 Å². The SMILES string of the molecule is Cc1ccccc1C1(c2noc(-c3cc(C)n(C4CC(C(=O)O)C4)n3)n2)CC1. The summed E-state index contributed by atoms with van der Waals surface area (Å²) in [6, 6.07) is 10.4. The number of hydrogen-bond acceptors (Lipinski definition) is 5. The minimum absolute atomic E-state index is 0.124. The van der Waals surface area contributed by atoms with Gasteiger partial charge in [0.2, 0.25) is 0 Å². The van der Waals surface area contributed by atoms with Crippen molar-refractivity contribution in [2.24, 2.45) is 5.92 Å². The summed E-state index contributed by atoms with van der Waals surface area (Å²) in [4.78, 5) is 15.7. The molecule has 0 unspecified atom stereocenters. The molecule has 0 spiro atoms. The lowest BCUT2D eigenvalue weighted by Gasteiger charge is -2.33. The first-order valence-electron chi connectivity index (χ1n) is 9.67. The van der Waals surface area contributed by atoms with Crippen molar-refractivity contribution in [1.82, 2.24) is 19.9 Å². The molecule has 5 rings (SSSR count). The maximum Gasteiger partial charge on any atom is 0.306 e. The Labute approximate surface area is 162 Å². The van der Waals surface area contributed by atoms with E-state index in [1.54, 1.807) is 0 Å². The molecule has 2 saturated carbocycles. The number of carbonyl (C=O) groups is 1. The van der Waals surface area contributed by atoms with E-state index in [0.29, 0.717) is 24.4 Å². The number of aromatic nitrogens is 4. The van der Waals surface area contributed by atoms with E-state index in [9.17, 15) is 4.79 Å². The van der Waals surface area contributed by atoms with Crippen molar-refractivity contribution in [2.45, 2.75) is 51.0 Å². The maximum absolute atomic E-state index is 11.1. The summed E-state index contributed by atoms with van der Waals surface area (Å²) in [7, 11) is 0. The second-order valence-corrected chi connectivity index (χ2v) is 8.10. The van der Waals surface area contributed by atoms with Crippen LogP contribution in [0.5, 0.6) is 0 Å². The second kappa shape index (κ2) is 6.02. The topological polar surface area (TPSA) is 94.0 Å². The highest BCUT2D eigenvalue weighted by molar-refractivity contribution is 5.71. The number of aryl methyl sites for hydroxylation is 2. The van der Waals surface area contributed by atoms with Gasteiger partial charge >= 0.3 is 5.97 Å². The van der Waals surface area contributed by atoms with Gasteiger partial charge in [0.25, 0.3) is 5.89 Å². The van der Waals surface area contributed by atoms with Crippen LogP contribution in [0, 0.1) is 19.8 Å². The van der Waals surface area contributed by atoms with Gasteiger partial charge in [-0.05, 0) is 56.7 Å². The van der Waals surface area contributed by atoms with Crippen LogP contribution in [-0.4, -0.2) is 31.0 Å². The molecule has 0 saturated heterocycles. The smallest absolute Gasteiger partial charge is 0.306 e. The molecule has 3 aromatic rings. The lowest BCUT2D eigenvalue weighted by Crippen LogP contribution is -2.33. The van der Waals surface area contributed by atoms with Crippen LogP contribution in [0.15, 0.2) is 34.9 Å². The summed E-state index contributed by atoms with van der Waals surface area (Å²) in [5, 5.41) is 18.0. The van der Waals surface area contributed by atoms with Gasteiger partial charge in [-0.3, -0.25) is 9.48 Å². The van der Waals surface area contributed by atoms with E-state index in [1.165, 1.54) is 11.1 Å². The van der Waals surface area contributed by atoms with Crippen molar-refractivity contribution >= 4 is 5.97 Å². The van der Waals surface area contributed by atoms with Gasteiger partial charge in [-0.2, -0.15) is 10.1 Å². The lowest BCUT2D eigenvalue weighted by molar-refractivity contribution is -0.146. The third-order valence-electron chi connectivity index (χ3n) is 6.21. The van der Waals surface area contributed by atoms with Crippen LogP contribution in [0.3, 0.4) is 0 Å². The van der Waals surface area contributed by atoms with Crippen molar-refractivity contribution in [1.29, 1.82) is 0 Å². The van der Waals surface area contributed by atoms with Crippen LogP contribution in [0.2, 0.25) is 0 Å². The highest BCUT2D eigenvalue weighted by Gasteiger charge is 2.50. The number of nitrogens with zero attached hydrogens (tertiary/aromatic N) is 4. The highest BCUT2D eigenvalue weighted by Crippen LogP contribution is 2.53. The highest BCUT2D eigenvalue weighted by atomic mass is 16.5. The van der Waals surface area contributed by atoms with Gasteiger partial charge in [0, 0.05) is 5.69 Å². The average molecular weight is 378 g/mol. The molecule has 0 bridgehead atoms. The van der Waals surface area contributed by atoms with Gasteiger partial charge in [0.05, 0.1) is 17.4 Å². The second-order valence-electron chi connectivity index (χ2n) is 8.10. The van der Waals surface area contributed by atoms with Gasteiger partial charge < -0.3 is 9.63 Å². The summed E-state index contributed by atoms with van der Waals surface area (Å²) in [6.07, 6.45) is 3.26. The van der Waals surface area contributed by atoms with E-state index >= 15 is 0 Å². The Balaban J connectivity index is 1.41. The standard InChI is InChI=1S/C21H22N4O3/c1-12-5-3-4-6-16(12)21(7-8-21)20-22-18(28-24-20)17-9-13(2)25(23-17)15-10-14(11-15)19(26)27/h3-6,9,14-15H,7-8,10-11H2,1-2H3,(H,26,27). The Morgan fingerprint density at radius 3 is 2.68 bits per heavy atom. The molecule has 0 atom stereocenters. The Hall–Kier alpha value is -2.96. The van der Waals surface area contributed by atoms with E-state index in [0.717, 1.165) is 24.4 Å². The third-order valence-corrected chi connectivity index (χ3v) is 6.21. The van der Waals surface area contributed by atoms with Crippen LogP contribution < -0.4 is 0 Å². The molecule has 7 heteroatoms. The van der Waals surface area contributed by atoms with Gasteiger partial charge in [0.1, 0.15) is 0 Å². The average Bonchev–Trinajstić information content (AvgIpc) is 3.10. The molecule has 0 amide bonds. The van der Waals surface area contributed by atoms with E-state index in [2.05, 4.69) is 40.4 Å². The molecule has 2 aliphatic rings. The molecule has 7 nitrogen and oxygen atoms in total. The van der Waals surface area contributed by atoms with Crippen LogP contribution in [0.4, 0.5) is 0 Å². The molecule has 2 aromatic heterocycles. The Bertz CT molecular complexity index is 1060. The fraction of sp³-hybridized carbons (Fsp3) is 0.429. The summed E-state index contributed by atoms with van der Waals surface area (Å²) in [6.45, 7) is 4.09. The fourth-order valence-electron chi connectivity index (χ4n) is 4.32. The monoisotopic (exact) mass is 378 g/mol. The van der Waals surface area contributed by atoms with Crippen LogP contribution in [-0.2, 0) is 10.2 Å². The zero-order valence-corrected chi connectivity index (χ0v) is 15.9. The fourth-order valence-corrected chi connectivity index (χ4v) is 4.32. The summed E-state index contributed by atoms with van der Waals surface area (Å²) in [5.74, 6) is 0.147. The molecule has 28 heavy (non-hydrogen) atoms. The van der Waals surface area contributed by atoms with Crippen molar-refractivity contribution in [3.63, 3.8) is 0 Å². The molecule has 1 N–H and O–H groups in total. The molecule has 0 aliphatic heterocycles. The summed E-state index contributed by atoms with van der Waals surface area (Å²) >= 11 is 0. The van der Waals surface area contributed by atoms with E-state index < -0.39 is 5.97 Å². The molecule has 2 aliphatic carbocycles. The van der Waals surface area contributed by atoms with Gasteiger partial charge in [-0.25, -0.2) is 0 Å². The Kier molecular flexibility index (Phi) is 3.69. The van der Waals surface area contributed by atoms with Crippen LogP contribution in [0.25, 0.3) is 11.6 Å². The quantitative estimate of drug-likeness (QED) is 0.728. The third kappa shape index (κ3) is 2.57. The first-order chi connectivity index (χ1) is 13.5. The largest absolute Gasteiger partial charge is 0.481 e. The number of hydrogen-bond donors (Lipinski definition) is 1. The number of carboxylic acids is 1. The molecule has 144 valence electrons. The van der Waals surface area contributed by atoms with Gasteiger partial charge in [-0.15, -0.1) is 0 Å². The van der Waals surface area contributed by atoms with E-state index in [-0.39, 0.29) is 17.4 Å². The normalized spacial score (nSPS) is 22.6. The first-order valence-corrected chi connectivity index (χ1v) is 9.67. The predicted octanol–water partition coefficient (Wildman–Crippen LogP) is 3.67. The summed E-state index contributed by atoms with van der Waals surface area (Å²) < 4.78 is 7.46. The van der Waals surface area contributed by atoms with Crippen molar-refractivity contribution < 1.29 is 14.4 Å². The molecular formula is C21H22N4O3. The number of aliphatic carboxylic acids is 1.